The number of piperidine rings is 1. The zero-order chi connectivity index (χ0) is 15.7. The number of carbonyl (C=O) groups excluding carboxylic acids is 1. The molecule has 0 aromatic rings. The van der Waals surface area contributed by atoms with E-state index in [4.69, 9.17) is 9.47 Å². The number of hydrogen-bond acceptors (Lipinski definition) is 4. The van der Waals surface area contributed by atoms with E-state index in [0.29, 0.717) is 25.9 Å². The molecule has 1 heterocycles. The first-order chi connectivity index (χ1) is 9.72. The van der Waals surface area contributed by atoms with Crippen molar-refractivity contribution in [2.24, 2.45) is 0 Å². The van der Waals surface area contributed by atoms with Crippen molar-refractivity contribution in [3.05, 3.63) is 0 Å². The minimum absolute atomic E-state index is 0.220. The molecule has 1 aliphatic carbocycles. The molecule has 0 radical (unpaired) electrons. The van der Waals surface area contributed by atoms with Crippen molar-refractivity contribution < 1.29 is 24.2 Å². The maximum atomic E-state index is 12.1. The normalized spacial score (nSPS) is 25.1. The highest BCUT2D eigenvalue weighted by Crippen LogP contribution is 2.38. The lowest BCUT2D eigenvalue weighted by molar-refractivity contribution is -0.193. The number of ether oxygens (including phenoxy) is 2. The molecule has 1 atom stereocenters. The summed E-state index contributed by atoms with van der Waals surface area (Å²) >= 11 is 0. The molecule has 2 fully saturated rings. The van der Waals surface area contributed by atoms with Crippen molar-refractivity contribution in [3.63, 3.8) is 0 Å². The monoisotopic (exact) mass is 299 g/mol. The fourth-order valence-corrected chi connectivity index (χ4v) is 2.73. The summed E-state index contributed by atoms with van der Waals surface area (Å²) in [5.74, 6) is -0.886. The van der Waals surface area contributed by atoms with Crippen LogP contribution in [0.2, 0.25) is 0 Å². The van der Waals surface area contributed by atoms with E-state index in [1.807, 2.05) is 20.8 Å². The smallest absolute Gasteiger partial charge is 0.410 e. The van der Waals surface area contributed by atoms with Crippen LogP contribution in [0.1, 0.15) is 52.9 Å². The predicted molar refractivity (Wildman–Crippen MR) is 76.1 cm³/mol. The van der Waals surface area contributed by atoms with Gasteiger partial charge in [-0.15, -0.1) is 0 Å². The molecule has 6 nitrogen and oxygen atoms in total. The van der Waals surface area contributed by atoms with Crippen molar-refractivity contribution in [1.82, 2.24) is 4.90 Å². The highest BCUT2D eigenvalue weighted by molar-refractivity contribution is 5.78. The van der Waals surface area contributed by atoms with E-state index in [1.165, 1.54) is 0 Å². The first kappa shape index (κ1) is 16.1. The topological polar surface area (TPSA) is 76.1 Å². The largest absolute Gasteiger partial charge is 0.479 e. The van der Waals surface area contributed by atoms with Crippen LogP contribution in [-0.2, 0) is 14.3 Å². The summed E-state index contributed by atoms with van der Waals surface area (Å²) in [6.45, 7) is 6.53. The molecule has 120 valence electrons. The lowest BCUT2D eigenvalue weighted by Crippen LogP contribution is -2.54. The molecule has 1 N–H and O–H groups in total. The number of carboxylic acid groups (broad SMARTS) is 1. The number of hydrogen-bond donors (Lipinski definition) is 1. The van der Waals surface area contributed by atoms with E-state index in [2.05, 4.69) is 0 Å². The van der Waals surface area contributed by atoms with Crippen LogP contribution in [0.5, 0.6) is 0 Å². The summed E-state index contributed by atoms with van der Waals surface area (Å²) in [6, 6.07) is 0. The van der Waals surface area contributed by atoms with Crippen molar-refractivity contribution in [2.75, 3.05) is 13.1 Å². The molecule has 0 spiro atoms. The molecule has 1 saturated heterocycles. The summed E-state index contributed by atoms with van der Waals surface area (Å²) in [4.78, 5) is 25.0. The minimum Gasteiger partial charge on any atom is -0.479 e. The van der Waals surface area contributed by atoms with Crippen LogP contribution in [0.25, 0.3) is 0 Å². The molecular weight excluding hydrogens is 274 g/mol. The summed E-state index contributed by atoms with van der Waals surface area (Å²) in [7, 11) is 0. The quantitative estimate of drug-likeness (QED) is 0.866. The van der Waals surface area contributed by atoms with Crippen LogP contribution < -0.4 is 0 Å². The first-order valence-electron chi connectivity index (χ1n) is 7.61. The molecule has 0 aromatic heterocycles. The Balaban J connectivity index is 1.92. The van der Waals surface area contributed by atoms with E-state index in [9.17, 15) is 14.7 Å². The Morgan fingerprint density at radius 3 is 2.38 bits per heavy atom. The van der Waals surface area contributed by atoms with Crippen molar-refractivity contribution >= 4 is 12.1 Å². The average molecular weight is 299 g/mol. The standard InChI is InChI=1S/C15H25NO5/c1-14(2,3)21-13(19)16-9-4-6-11(10-16)20-15(12(17)18)7-5-8-15/h11H,4-10H2,1-3H3,(H,17,18)/t11-/m1/s1. The van der Waals surface area contributed by atoms with Gasteiger partial charge < -0.3 is 19.5 Å². The Morgan fingerprint density at radius 2 is 1.90 bits per heavy atom. The third kappa shape index (κ3) is 3.87. The number of carbonyl (C=O) groups is 2. The molecule has 6 heteroatoms. The highest BCUT2D eigenvalue weighted by Gasteiger charge is 2.48. The lowest BCUT2D eigenvalue weighted by Gasteiger charge is -2.43. The molecule has 1 aliphatic heterocycles. The van der Waals surface area contributed by atoms with Gasteiger partial charge in [-0.3, -0.25) is 0 Å². The van der Waals surface area contributed by atoms with Gasteiger partial charge in [0.2, 0.25) is 0 Å². The fraction of sp³-hybridized carbons (Fsp3) is 0.867. The van der Waals surface area contributed by atoms with E-state index in [-0.39, 0.29) is 12.2 Å². The third-order valence-corrected chi connectivity index (χ3v) is 3.97. The number of likely N-dealkylation sites (tertiary alicyclic amines) is 1. The van der Waals surface area contributed by atoms with Gasteiger partial charge in [-0.2, -0.15) is 0 Å². The summed E-state index contributed by atoms with van der Waals surface area (Å²) in [5.41, 5.74) is -1.55. The van der Waals surface area contributed by atoms with Crippen LogP contribution >= 0.6 is 0 Å². The van der Waals surface area contributed by atoms with E-state index in [1.54, 1.807) is 4.90 Å². The van der Waals surface area contributed by atoms with Crippen molar-refractivity contribution in [1.29, 1.82) is 0 Å². The zero-order valence-corrected chi connectivity index (χ0v) is 13.1. The van der Waals surface area contributed by atoms with Gasteiger partial charge in [0.05, 0.1) is 12.6 Å². The molecule has 1 amide bonds. The average Bonchev–Trinajstić information content (AvgIpc) is 2.31. The number of aliphatic carboxylic acids is 1. The molecule has 2 rings (SSSR count). The second-order valence-corrected chi connectivity index (χ2v) is 6.96. The third-order valence-electron chi connectivity index (χ3n) is 3.97. The molecule has 0 unspecified atom stereocenters. The van der Waals surface area contributed by atoms with Gasteiger partial charge in [-0.1, -0.05) is 0 Å². The number of amides is 1. The molecule has 1 saturated carbocycles. The van der Waals surface area contributed by atoms with E-state index < -0.39 is 17.2 Å². The summed E-state index contributed by atoms with van der Waals surface area (Å²) in [5, 5.41) is 9.31. The maximum Gasteiger partial charge on any atom is 0.410 e. The number of nitrogens with zero attached hydrogens (tertiary/aromatic N) is 1. The molecule has 0 aromatic carbocycles. The first-order valence-corrected chi connectivity index (χ1v) is 7.61. The molecular formula is C15H25NO5. The Morgan fingerprint density at radius 1 is 1.24 bits per heavy atom. The Bertz CT molecular complexity index is 411. The Hall–Kier alpha value is -1.30. The summed E-state index contributed by atoms with van der Waals surface area (Å²) in [6.07, 6.45) is 3.02. The summed E-state index contributed by atoms with van der Waals surface area (Å²) < 4.78 is 11.2. The van der Waals surface area contributed by atoms with Crippen LogP contribution in [0, 0.1) is 0 Å². The van der Waals surface area contributed by atoms with Gasteiger partial charge in [0.15, 0.2) is 5.60 Å². The lowest BCUT2D eigenvalue weighted by atomic mass is 9.79. The maximum absolute atomic E-state index is 12.1. The molecule has 21 heavy (non-hydrogen) atoms. The zero-order valence-electron chi connectivity index (χ0n) is 13.1. The second kappa shape index (κ2) is 5.83. The molecule has 0 bridgehead atoms. The van der Waals surface area contributed by atoms with E-state index >= 15 is 0 Å². The minimum atomic E-state index is -1.03. The van der Waals surface area contributed by atoms with Gasteiger partial charge in [0, 0.05) is 6.54 Å². The van der Waals surface area contributed by atoms with Gasteiger partial charge in [0.1, 0.15) is 5.60 Å². The highest BCUT2D eigenvalue weighted by atomic mass is 16.6. The van der Waals surface area contributed by atoms with Gasteiger partial charge in [-0.05, 0) is 52.9 Å². The van der Waals surface area contributed by atoms with Gasteiger partial charge in [-0.25, -0.2) is 9.59 Å². The number of carboxylic acids is 1. The fourth-order valence-electron chi connectivity index (χ4n) is 2.73. The van der Waals surface area contributed by atoms with Crippen molar-refractivity contribution in [2.45, 2.75) is 70.2 Å². The molecule has 2 aliphatic rings. The SMILES string of the molecule is CC(C)(C)OC(=O)N1CCC[C@@H](OC2(C(=O)O)CCC2)C1. The van der Waals surface area contributed by atoms with Crippen LogP contribution in [0.15, 0.2) is 0 Å². The van der Waals surface area contributed by atoms with Gasteiger partial charge in [0.25, 0.3) is 0 Å². The van der Waals surface area contributed by atoms with Crippen LogP contribution in [0.4, 0.5) is 4.79 Å². The van der Waals surface area contributed by atoms with Gasteiger partial charge >= 0.3 is 12.1 Å². The Labute approximate surface area is 125 Å². The van der Waals surface area contributed by atoms with Crippen molar-refractivity contribution in [3.8, 4) is 0 Å². The predicted octanol–water partition coefficient (Wildman–Crippen LogP) is 2.41. The van der Waals surface area contributed by atoms with E-state index in [0.717, 1.165) is 19.3 Å². The Kier molecular flexibility index (Phi) is 4.46. The number of rotatable bonds is 3. The van der Waals surface area contributed by atoms with Crippen LogP contribution in [0.3, 0.4) is 0 Å². The van der Waals surface area contributed by atoms with Crippen LogP contribution in [-0.4, -0.2) is 52.5 Å². The second-order valence-electron chi connectivity index (χ2n) is 6.96.